The SMILES string of the molecule is Cc1nn(C(C)(C)C)c2nc(C3CC3)cc(C(=O)NCC3(N4CCOCC4)CCSC3)c12. The summed E-state index contributed by atoms with van der Waals surface area (Å²) < 4.78 is 7.57. The fourth-order valence-corrected chi connectivity index (χ4v) is 6.50. The molecule has 2 aliphatic heterocycles. The van der Waals surface area contributed by atoms with Gasteiger partial charge in [-0.1, -0.05) is 0 Å². The van der Waals surface area contributed by atoms with E-state index in [9.17, 15) is 4.79 Å². The van der Waals surface area contributed by atoms with Crippen LogP contribution in [0.3, 0.4) is 0 Å². The van der Waals surface area contributed by atoms with Crippen molar-refractivity contribution in [1.29, 1.82) is 0 Å². The lowest BCUT2D eigenvalue weighted by Crippen LogP contribution is -2.59. The van der Waals surface area contributed by atoms with Gasteiger partial charge in [0.25, 0.3) is 5.91 Å². The van der Waals surface area contributed by atoms with Crippen molar-refractivity contribution in [3.05, 3.63) is 23.0 Å². The summed E-state index contributed by atoms with van der Waals surface area (Å²) in [6, 6.07) is 2.03. The highest BCUT2D eigenvalue weighted by Gasteiger charge is 2.41. The minimum absolute atomic E-state index is 0.000364. The van der Waals surface area contributed by atoms with Gasteiger partial charge in [0.15, 0.2) is 5.65 Å². The number of morpholine rings is 1. The van der Waals surface area contributed by atoms with Crippen LogP contribution in [0.1, 0.15) is 67.7 Å². The van der Waals surface area contributed by atoms with Crippen molar-refractivity contribution in [3.8, 4) is 0 Å². The molecule has 0 bridgehead atoms. The topological polar surface area (TPSA) is 72.3 Å². The number of thioether (sulfide) groups is 1. The Morgan fingerprint density at radius 2 is 2.06 bits per heavy atom. The Bertz CT molecular complexity index is 1010. The standard InChI is InChI=1S/C24H35N5O2S/c1-16-20-18(13-19(17-5-6-17)26-21(20)29(27-16)23(2,3)4)22(30)25-14-24(7-12-32-15-24)28-8-10-31-11-9-28/h13,17H,5-12,14-15H2,1-4H3,(H,25,30). The van der Waals surface area contributed by atoms with Gasteiger partial charge in [0.2, 0.25) is 0 Å². The number of nitrogens with one attached hydrogen (secondary N) is 1. The third kappa shape index (κ3) is 4.05. The first-order valence-corrected chi connectivity index (χ1v) is 13.0. The number of carbonyl (C=O) groups is 1. The lowest BCUT2D eigenvalue weighted by atomic mass is 9.95. The molecule has 1 N–H and O–H groups in total. The third-order valence-electron chi connectivity index (χ3n) is 7.05. The predicted octanol–water partition coefficient (Wildman–Crippen LogP) is 3.31. The molecule has 2 aromatic rings. The minimum atomic E-state index is -0.198. The maximum Gasteiger partial charge on any atom is 0.252 e. The molecule has 5 rings (SSSR count). The molecular formula is C24H35N5O2S. The number of fused-ring (bicyclic) bond motifs is 1. The van der Waals surface area contributed by atoms with Crippen LogP contribution in [0.15, 0.2) is 6.07 Å². The zero-order valence-corrected chi connectivity index (χ0v) is 20.6. The second-order valence-corrected chi connectivity index (χ2v) is 11.6. The van der Waals surface area contributed by atoms with Gasteiger partial charge in [-0.25, -0.2) is 9.67 Å². The summed E-state index contributed by atoms with van der Waals surface area (Å²) in [6.45, 7) is 12.5. The van der Waals surface area contributed by atoms with E-state index in [4.69, 9.17) is 14.8 Å². The number of rotatable bonds is 5. The number of nitrogens with zero attached hydrogens (tertiary/aromatic N) is 4. The molecule has 2 aromatic heterocycles. The van der Waals surface area contributed by atoms with Crippen LogP contribution in [0.4, 0.5) is 0 Å². The molecule has 1 unspecified atom stereocenters. The average Bonchev–Trinajstić information content (AvgIpc) is 3.42. The van der Waals surface area contributed by atoms with Crippen molar-refractivity contribution in [3.63, 3.8) is 0 Å². The molecule has 1 atom stereocenters. The fourth-order valence-electron chi connectivity index (χ4n) is 5.02. The number of ether oxygens (including phenoxy) is 1. The summed E-state index contributed by atoms with van der Waals surface area (Å²) in [6.07, 6.45) is 3.41. The lowest BCUT2D eigenvalue weighted by molar-refractivity contribution is -0.0129. The zero-order chi connectivity index (χ0) is 22.5. The third-order valence-corrected chi connectivity index (χ3v) is 8.28. The van der Waals surface area contributed by atoms with Gasteiger partial charge in [0, 0.05) is 42.5 Å². The Balaban J connectivity index is 1.47. The fraction of sp³-hybridized carbons (Fsp3) is 0.708. The van der Waals surface area contributed by atoms with Crippen LogP contribution in [0.5, 0.6) is 0 Å². The molecule has 3 fully saturated rings. The molecule has 1 amide bonds. The first-order valence-electron chi connectivity index (χ1n) is 11.9. The Hall–Kier alpha value is -1.64. The van der Waals surface area contributed by atoms with E-state index in [2.05, 4.69) is 31.0 Å². The Kier molecular flexibility index (Phi) is 5.75. The van der Waals surface area contributed by atoms with Gasteiger partial charge in [-0.05, 0) is 58.8 Å². The number of hydrogen-bond acceptors (Lipinski definition) is 6. The number of aromatic nitrogens is 3. The van der Waals surface area contributed by atoms with Gasteiger partial charge in [0.05, 0.1) is 35.4 Å². The van der Waals surface area contributed by atoms with Crippen LogP contribution in [-0.2, 0) is 10.3 Å². The van der Waals surface area contributed by atoms with Crippen molar-refractivity contribution >= 4 is 28.7 Å². The van der Waals surface area contributed by atoms with Crippen LogP contribution in [0.2, 0.25) is 0 Å². The number of amides is 1. The van der Waals surface area contributed by atoms with E-state index >= 15 is 0 Å². The van der Waals surface area contributed by atoms with Crippen LogP contribution in [0.25, 0.3) is 11.0 Å². The van der Waals surface area contributed by atoms with E-state index in [1.807, 2.05) is 29.4 Å². The molecule has 174 valence electrons. The van der Waals surface area contributed by atoms with Gasteiger partial charge in [0.1, 0.15) is 0 Å². The van der Waals surface area contributed by atoms with E-state index in [-0.39, 0.29) is 17.0 Å². The Morgan fingerprint density at radius 1 is 1.31 bits per heavy atom. The van der Waals surface area contributed by atoms with Crippen LogP contribution in [-0.4, -0.2) is 75.5 Å². The van der Waals surface area contributed by atoms with Gasteiger partial charge in [-0.2, -0.15) is 16.9 Å². The van der Waals surface area contributed by atoms with Crippen LogP contribution >= 0.6 is 11.8 Å². The highest BCUT2D eigenvalue weighted by atomic mass is 32.2. The van der Waals surface area contributed by atoms with Gasteiger partial charge < -0.3 is 10.1 Å². The van der Waals surface area contributed by atoms with E-state index < -0.39 is 0 Å². The van der Waals surface area contributed by atoms with Crippen molar-refractivity contribution < 1.29 is 9.53 Å². The Morgan fingerprint density at radius 3 is 2.69 bits per heavy atom. The highest BCUT2D eigenvalue weighted by molar-refractivity contribution is 7.99. The first-order chi connectivity index (χ1) is 15.3. The van der Waals surface area contributed by atoms with E-state index in [1.54, 1.807) is 0 Å². The predicted molar refractivity (Wildman–Crippen MR) is 129 cm³/mol. The Labute approximate surface area is 194 Å². The second kappa shape index (κ2) is 8.29. The number of pyridine rings is 1. The van der Waals surface area contributed by atoms with E-state index in [1.165, 1.54) is 0 Å². The van der Waals surface area contributed by atoms with Gasteiger partial charge in [-0.15, -0.1) is 0 Å². The molecule has 1 saturated carbocycles. The summed E-state index contributed by atoms with van der Waals surface area (Å²) in [7, 11) is 0. The summed E-state index contributed by atoms with van der Waals surface area (Å²) in [5.41, 5.74) is 3.30. The molecule has 0 spiro atoms. The van der Waals surface area contributed by atoms with Crippen molar-refractivity contribution in [2.24, 2.45) is 0 Å². The summed E-state index contributed by atoms with van der Waals surface area (Å²) in [5.74, 6) is 2.68. The zero-order valence-electron chi connectivity index (χ0n) is 19.7. The quantitative estimate of drug-likeness (QED) is 0.743. The molecule has 0 radical (unpaired) electrons. The summed E-state index contributed by atoms with van der Waals surface area (Å²) in [5, 5.41) is 9.02. The van der Waals surface area contributed by atoms with Crippen molar-refractivity contribution in [1.82, 2.24) is 25.0 Å². The number of hydrogen-bond donors (Lipinski definition) is 1. The second-order valence-electron chi connectivity index (χ2n) is 10.5. The molecule has 2 saturated heterocycles. The molecule has 4 heterocycles. The van der Waals surface area contributed by atoms with E-state index in [0.29, 0.717) is 12.5 Å². The molecule has 3 aliphatic rings. The maximum absolute atomic E-state index is 13.6. The lowest BCUT2D eigenvalue weighted by Gasteiger charge is -2.43. The molecule has 7 nitrogen and oxygen atoms in total. The monoisotopic (exact) mass is 457 g/mol. The summed E-state index contributed by atoms with van der Waals surface area (Å²) in [4.78, 5) is 21.1. The highest BCUT2D eigenvalue weighted by Crippen LogP contribution is 2.41. The van der Waals surface area contributed by atoms with Gasteiger partial charge in [-0.3, -0.25) is 9.69 Å². The van der Waals surface area contributed by atoms with Crippen molar-refractivity contribution in [2.45, 2.75) is 64.0 Å². The molecular weight excluding hydrogens is 422 g/mol. The molecule has 32 heavy (non-hydrogen) atoms. The minimum Gasteiger partial charge on any atom is -0.379 e. The number of aryl methyl sites for hydroxylation is 1. The van der Waals surface area contributed by atoms with Crippen molar-refractivity contribution in [2.75, 3.05) is 44.4 Å². The normalized spacial score (nSPS) is 24.9. The van der Waals surface area contributed by atoms with Crippen LogP contribution < -0.4 is 5.32 Å². The summed E-state index contributed by atoms with van der Waals surface area (Å²) >= 11 is 1.99. The maximum atomic E-state index is 13.6. The van der Waals surface area contributed by atoms with Crippen LogP contribution in [0, 0.1) is 6.92 Å². The first kappa shape index (κ1) is 22.2. The molecule has 0 aromatic carbocycles. The molecule has 1 aliphatic carbocycles. The smallest absolute Gasteiger partial charge is 0.252 e. The molecule has 8 heteroatoms. The van der Waals surface area contributed by atoms with Gasteiger partial charge >= 0.3 is 0 Å². The number of carbonyl (C=O) groups excluding carboxylic acids is 1. The van der Waals surface area contributed by atoms with E-state index in [0.717, 1.165) is 85.1 Å². The largest absolute Gasteiger partial charge is 0.379 e. The average molecular weight is 458 g/mol.